The molecule has 150 valence electrons. The van der Waals surface area contributed by atoms with Crippen LogP contribution in [0.1, 0.15) is 77.2 Å². The molecule has 0 heterocycles. The number of Topliss-reactive ketones (excluding diaryl/α,β-unsaturated/α-hetero) is 1. The molecule has 1 nitrogen and oxygen atoms in total. The third kappa shape index (κ3) is 3.00. The smallest absolute Gasteiger partial charge is 0.133 e. The van der Waals surface area contributed by atoms with Crippen LogP contribution in [0.4, 0.5) is 0 Å². The topological polar surface area (TPSA) is 17.1 Å². The summed E-state index contributed by atoms with van der Waals surface area (Å²) in [5, 5.41) is 0.813. The van der Waals surface area contributed by atoms with Crippen LogP contribution in [0.15, 0.2) is 29.8 Å². The number of hydrogen-bond donors (Lipinski definition) is 0. The van der Waals surface area contributed by atoms with E-state index in [1.807, 2.05) is 12.1 Å². The lowest BCUT2D eigenvalue weighted by molar-refractivity contribution is -0.137. The molecule has 2 heteroatoms. The highest BCUT2D eigenvalue weighted by Crippen LogP contribution is 2.66. The molecule has 1 aromatic carbocycles. The second-order valence-electron chi connectivity index (χ2n) is 10.8. The molecule has 0 N–H and O–H groups in total. The Morgan fingerprint density at radius 2 is 1.79 bits per heavy atom. The van der Waals surface area contributed by atoms with E-state index in [-0.39, 0.29) is 0 Å². The molecule has 0 unspecified atom stereocenters. The van der Waals surface area contributed by atoms with Crippen LogP contribution in [0.2, 0.25) is 5.02 Å². The average Bonchev–Trinajstić information content (AvgIpc) is 3.00. The Kier molecular flexibility index (Phi) is 4.54. The fraction of sp³-hybridized carbons (Fsp3) is 0.654. The van der Waals surface area contributed by atoms with Gasteiger partial charge in [-0.15, -0.1) is 0 Å². The van der Waals surface area contributed by atoms with Crippen molar-refractivity contribution in [1.82, 2.24) is 0 Å². The minimum absolute atomic E-state index is 0.417. The molecule has 0 aromatic heterocycles. The van der Waals surface area contributed by atoms with Gasteiger partial charge in [0.15, 0.2) is 0 Å². The maximum atomic E-state index is 12.1. The number of carbonyl (C=O) groups excluding carboxylic acids is 1. The van der Waals surface area contributed by atoms with Gasteiger partial charge < -0.3 is 0 Å². The zero-order valence-electron chi connectivity index (χ0n) is 17.3. The minimum Gasteiger partial charge on any atom is -0.300 e. The summed E-state index contributed by atoms with van der Waals surface area (Å²) in [5.74, 6) is 3.72. The summed E-state index contributed by atoms with van der Waals surface area (Å²) in [5.41, 5.74) is 3.83. The standard InChI is InChI=1S/C26H33ClO/c1-25-11-10-23-22(8-5-19-15-21(28)9-12-26(19,23)2)24(25)14-18(16-25)13-17-3-6-20(27)7-4-17/h3-4,6-7,13,19,22-24H,5,8-12,14-16H2,1-2H3/b18-13-/t19-,22+,23-,24-,25+,26-/m0/s1. The van der Waals surface area contributed by atoms with Crippen molar-refractivity contribution in [2.75, 3.05) is 0 Å². The monoisotopic (exact) mass is 396 g/mol. The maximum absolute atomic E-state index is 12.1. The summed E-state index contributed by atoms with van der Waals surface area (Å²) in [7, 11) is 0. The van der Waals surface area contributed by atoms with Gasteiger partial charge in [-0.1, -0.05) is 49.2 Å². The van der Waals surface area contributed by atoms with Gasteiger partial charge in [-0.05, 0) is 97.1 Å². The summed E-state index contributed by atoms with van der Waals surface area (Å²) in [6, 6.07) is 8.29. The van der Waals surface area contributed by atoms with Gasteiger partial charge >= 0.3 is 0 Å². The molecular formula is C26H33ClO. The maximum Gasteiger partial charge on any atom is 0.133 e. The summed E-state index contributed by atoms with van der Waals surface area (Å²) in [6.07, 6.45) is 13.2. The van der Waals surface area contributed by atoms with Crippen LogP contribution in [-0.4, -0.2) is 5.78 Å². The number of benzene rings is 1. The lowest BCUT2D eigenvalue weighted by atomic mass is 9.45. The van der Waals surface area contributed by atoms with Crippen molar-refractivity contribution in [3.05, 3.63) is 40.4 Å². The van der Waals surface area contributed by atoms with E-state index < -0.39 is 0 Å². The molecule has 5 rings (SSSR count). The summed E-state index contributed by atoms with van der Waals surface area (Å²) >= 11 is 6.06. The van der Waals surface area contributed by atoms with Crippen molar-refractivity contribution in [2.24, 2.45) is 34.5 Å². The SMILES string of the molecule is C[C@]12CC[C@H]3[C@@H](CC[C@H]4CC(=O)CC[C@@]43C)[C@@H]1C/C(=C/c1ccc(Cl)cc1)C2. The Bertz CT molecular complexity index is 808. The molecule has 4 aliphatic carbocycles. The van der Waals surface area contributed by atoms with E-state index >= 15 is 0 Å². The molecule has 0 bridgehead atoms. The lowest BCUT2D eigenvalue weighted by Gasteiger charge is -2.59. The number of ketones is 1. The fourth-order valence-electron chi connectivity index (χ4n) is 7.83. The van der Waals surface area contributed by atoms with E-state index in [0.29, 0.717) is 22.5 Å². The van der Waals surface area contributed by atoms with Gasteiger partial charge in [0.05, 0.1) is 0 Å². The van der Waals surface area contributed by atoms with Crippen LogP contribution in [0, 0.1) is 34.5 Å². The van der Waals surface area contributed by atoms with E-state index in [0.717, 1.165) is 42.0 Å². The van der Waals surface area contributed by atoms with Crippen molar-refractivity contribution < 1.29 is 4.79 Å². The van der Waals surface area contributed by atoms with E-state index in [4.69, 9.17) is 11.6 Å². The number of fused-ring (bicyclic) bond motifs is 5. The Labute approximate surface area is 174 Å². The molecule has 0 spiro atoms. The first-order valence-electron chi connectivity index (χ1n) is 11.3. The minimum atomic E-state index is 0.417. The predicted octanol–water partition coefficient (Wildman–Crippen LogP) is 7.34. The molecule has 6 atom stereocenters. The zero-order valence-corrected chi connectivity index (χ0v) is 18.1. The molecule has 4 fully saturated rings. The van der Waals surface area contributed by atoms with Gasteiger partial charge in [-0.2, -0.15) is 0 Å². The normalized spacial score (nSPS) is 44.1. The Morgan fingerprint density at radius 1 is 1.00 bits per heavy atom. The Balaban J connectivity index is 1.40. The molecular weight excluding hydrogens is 364 g/mol. The van der Waals surface area contributed by atoms with Crippen LogP contribution >= 0.6 is 11.6 Å². The predicted molar refractivity (Wildman–Crippen MR) is 116 cm³/mol. The van der Waals surface area contributed by atoms with E-state index in [2.05, 4.69) is 32.1 Å². The van der Waals surface area contributed by atoms with Crippen molar-refractivity contribution in [1.29, 1.82) is 0 Å². The van der Waals surface area contributed by atoms with Crippen LogP contribution in [-0.2, 0) is 4.79 Å². The van der Waals surface area contributed by atoms with Crippen molar-refractivity contribution >= 4 is 23.5 Å². The van der Waals surface area contributed by atoms with Crippen LogP contribution < -0.4 is 0 Å². The third-order valence-corrected chi connectivity index (χ3v) is 9.61. The highest BCUT2D eigenvalue weighted by Gasteiger charge is 2.58. The lowest BCUT2D eigenvalue weighted by Crippen LogP contribution is -2.52. The van der Waals surface area contributed by atoms with Crippen molar-refractivity contribution in [2.45, 2.75) is 71.6 Å². The van der Waals surface area contributed by atoms with Gasteiger partial charge in [0.25, 0.3) is 0 Å². The quantitative estimate of drug-likeness (QED) is 0.485. The van der Waals surface area contributed by atoms with E-state index in [1.165, 1.54) is 44.1 Å². The Morgan fingerprint density at radius 3 is 2.57 bits per heavy atom. The average molecular weight is 397 g/mol. The second-order valence-corrected chi connectivity index (χ2v) is 11.3. The first-order chi connectivity index (χ1) is 13.4. The van der Waals surface area contributed by atoms with E-state index in [9.17, 15) is 4.79 Å². The van der Waals surface area contributed by atoms with E-state index in [1.54, 1.807) is 5.57 Å². The number of rotatable bonds is 1. The molecule has 4 saturated carbocycles. The van der Waals surface area contributed by atoms with Gasteiger partial charge in [-0.3, -0.25) is 4.79 Å². The molecule has 1 aromatic rings. The van der Waals surface area contributed by atoms with Gasteiger partial charge in [0, 0.05) is 17.9 Å². The molecule has 0 saturated heterocycles. The van der Waals surface area contributed by atoms with Crippen LogP contribution in [0.25, 0.3) is 6.08 Å². The molecule has 28 heavy (non-hydrogen) atoms. The molecule has 4 aliphatic rings. The van der Waals surface area contributed by atoms with Gasteiger partial charge in [0.1, 0.15) is 5.78 Å². The number of halogens is 1. The van der Waals surface area contributed by atoms with Crippen molar-refractivity contribution in [3.8, 4) is 0 Å². The summed E-state index contributed by atoms with van der Waals surface area (Å²) in [6.45, 7) is 5.11. The number of hydrogen-bond acceptors (Lipinski definition) is 1. The summed E-state index contributed by atoms with van der Waals surface area (Å²) in [4.78, 5) is 12.1. The molecule has 0 aliphatic heterocycles. The first kappa shape index (κ1) is 18.9. The van der Waals surface area contributed by atoms with Gasteiger partial charge in [0.2, 0.25) is 0 Å². The summed E-state index contributed by atoms with van der Waals surface area (Å²) < 4.78 is 0. The fourth-order valence-corrected chi connectivity index (χ4v) is 7.96. The van der Waals surface area contributed by atoms with Crippen molar-refractivity contribution in [3.63, 3.8) is 0 Å². The highest BCUT2D eigenvalue weighted by molar-refractivity contribution is 6.30. The van der Waals surface area contributed by atoms with Gasteiger partial charge in [-0.25, -0.2) is 0 Å². The third-order valence-electron chi connectivity index (χ3n) is 9.35. The molecule has 0 amide bonds. The highest BCUT2D eigenvalue weighted by atomic mass is 35.5. The van der Waals surface area contributed by atoms with Crippen LogP contribution in [0.3, 0.4) is 0 Å². The zero-order chi connectivity index (χ0) is 19.5. The largest absolute Gasteiger partial charge is 0.300 e. The van der Waals surface area contributed by atoms with Crippen LogP contribution in [0.5, 0.6) is 0 Å². The molecule has 0 radical (unpaired) electrons. The second kappa shape index (κ2) is 6.73. The first-order valence-corrected chi connectivity index (χ1v) is 11.7. The number of allylic oxidation sites excluding steroid dienone is 1. The number of carbonyl (C=O) groups is 1. The Hall–Kier alpha value is -1.08.